The first kappa shape index (κ1) is 11.4. The molecule has 3 heteroatoms. The number of fused-ring (bicyclic) bond motifs is 1. The Kier molecular flexibility index (Phi) is 3.07. The molecule has 90 valence electrons. The molecule has 1 heterocycles. The third-order valence-corrected chi connectivity index (χ3v) is 3.27. The quantitative estimate of drug-likeness (QED) is 0.751. The van der Waals surface area contributed by atoms with Crippen LogP contribution in [-0.2, 0) is 6.54 Å². The van der Waals surface area contributed by atoms with E-state index in [2.05, 4.69) is 63.7 Å². The SMILES string of the molecule is Brc1ccc(CNc2ccc3ccccc3c2)o1. The van der Waals surface area contributed by atoms with Gasteiger partial charge in [-0.25, -0.2) is 0 Å². The minimum absolute atomic E-state index is 0.684. The van der Waals surface area contributed by atoms with Crippen molar-refractivity contribution < 1.29 is 4.42 Å². The first-order valence-corrected chi connectivity index (χ1v) is 6.57. The van der Waals surface area contributed by atoms with Crippen LogP contribution in [-0.4, -0.2) is 0 Å². The average molecular weight is 302 g/mol. The van der Waals surface area contributed by atoms with Gasteiger partial charge in [0.2, 0.25) is 0 Å². The number of halogens is 1. The Morgan fingerprint density at radius 3 is 2.56 bits per heavy atom. The van der Waals surface area contributed by atoms with Crippen LogP contribution in [0.1, 0.15) is 5.76 Å². The Hall–Kier alpha value is -1.74. The van der Waals surface area contributed by atoms with Crippen LogP contribution in [0.4, 0.5) is 5.69 Å². The summed E-state index contributed by atoms with van der Waals surface area (Å²) in [6, 6.07) is 18.5. The van der Waals surface area contributed by atoms with E-state index in [1.165, 1.54) is 10.8 Å². The van der Waals surface area contributed by atoms with Crippen LogP contribution in [0.3, 0.4) is 0 Å². The Bertz CT molecular complexity index is 675. The van der Waals surface area contributed by atoms with Gasteiger partial charge in [0.1, 0.15) is 5.76 Å². The van der Waals surface area contributed by atoms with E-state index in [-0.39, 0.29) is 0 Å². The predicted octanol–water partition coefficient (Wildman–Crippen LogP) is 4.81. The van der Waals surface area contributed by atoms with Crippen molar-refractivity contribution in [3.8, 4) is 0 Å². The molecule has 0 bridgehead atoms. The van der Waals surface area contributed by atoms with Crippen molar-refractivity contribution in [1.29, 1.82) is 0 Å². The summed E-state index contributed by atoms with van der Waals surface area (Å²) in [5.74, 6) is 0.912. The molecular formula is C15H12BrNO. The van der Waals surface area contributed by atoms with Crippen molar-refractivity contribution >= 4 is 32.4 Å². The van der Waals surface area contributed by atoms with Crippen molar-refractivity contribution in [3.63, 3.8) is 0 Å². The summed E-state index contributed by atoms with van der Waals surface area (Å²) >= 11 is 3.30. The molecule has 0 radical (unpaired) electrons. The lowest BCUT2D eigenvalue weighted by Gasteiger charge is -2.06. The zero-order valence-electron chi connectivity index (χ0n) is 9.69. The molecule has 0 saturated heterocycles. The molecule has 0 saturated carbocycles. The topological polar surface area (TPSA) is 25.2 Å². The van der Waals surface area contributed by atoms with Crippen molar-refractivity contribution in [2.75, 3.05) is 5.32 Å². The summed E-state index contributed by atoms with van der Waals surface area (Å²) in [6.07, 6.45) is 0. The average Bonchev–Trinajstić information content (AvgIpc) is 2.82. The molecule has 0 aliphatic carbocycles. The molecule has 3 aromatic rings. The molecule has 18 heavy (non-hydrogen) atoms. The van der Waals surface area contributed by atoms with Gasteiger partial charge in [0, 0.05) is 5.69 Å². The maximum atomic E-state index is 5.45. The molecule has 0 spiro atoms. The lowest BCUT2D eigenvalue weighted by atomic mass is 10.1. The highest BCUT2D eigenvalue weighted by atomic mass is 79.9. The molecule has 0 amide bonds. The smallest absolute Gasteiger partial charge is 0.169 e. The number of anilines is 1. The number of hydrogen-bond acceptors (Lipinski definition) is 2. The zero-order chi connectivity index (χ0) is 12.4. The fourth-order valence-electron chi connectivity index (χ4n) is 1.94. The second-order valence-electron chi connectivity index (χ2n) is 4.12. The van der Waals surface area contributed by atoms with Crippen LogP contribution in [0.2, 0.25) is 0 Å². The Morgan fingerprint density at radius 1 is 0.944 bits per heavy atom. The first-order chi connectivity index (χ1) is 8.81. The van der Waals surface area contributed by atoms with Gasteiger partial charge in [-0.3, -0.25) is 0 Å². The third kappa shape index (κ3) is 2.41. The summed E-state index contributed by atoms with van der Waals surface area (Å²) in [4.78, 5) is 0. The molecule has 2 aromatic carbocycles. The van der Waals surface area contributed by atoms with E-state index >= 15 is 0 Å². The lowest BCUT2D eigenvalue weighted by Crippen LogP contribution is -1.97. The number of hydrogen-bond donors (Lipinski definition) is 1. The second-order valence-corrected chi connectivity index (χ2v) is 4.90. The van der Waals surface area contributed by atoms with Crippen LogP contribution in [0.5, 0.6) is 0 Å². The lowest BCUT2D eigenvalue weighted by molar-refractivity contribution is 0.495. The van der Waals surface area contributed by atoms with Crippen LogP contribution in [0.15, 0.2) is 63.7 Å². The zero-order valence-corrected chi connectivity index (χ0v) is 11.3. The van der Waals surface area contributed by atoms with Gasteiger partial charge in [-0.1, -0.05) is 30.3 Å². The van der Waals surface area contributed by atoms with Gasteiger partial charge in [-0.2, -0.15) is 0 Å². The van der Waals surface area contributed by atoms with Crippen LogP contribution >= 0.6 is 15.9 Å². The van der Waals surface area contributed by atoms with E-state index < -0.39 is 0 Å². The van der Waals surface area contributed by atoms with E-state index in [1.807, 2.05) is 12.1 Å². The number of furan rings is 1. The maximum absolute atomic E-state index is 5.45. The predicted molar refractivity (Wildman–Crippen MR) is 77.7 cm³/mol. The highest BCUT2D eigenvalue weighted by molar-refractivity contribution is 9.10. The molecule has 3 rings (SSSR count). The number of rotatable bonds is 3. The molecule has 0 aliphatic heterocycles. The number of nitrogens with one attached hydrogen (secondary N) is 1. The van der Waals surface area contributed by atoms with E-state index in [0.29, 0.717) is 6.54 Å². The monoisotopic (exact) mass is 301 g/mol. The fourth-order valence-corrected chi connectivity index (χ4v) is 2.28. The molecule has 2 nitrogen and oxygen atoms in total. The van der Waals surface area contributed by atoms with Gasteiger partial charge < -0.3 is 9.73 Å². The summed E-state index contributed by atoms with van der Waals surface area (Å²) in [5.41, 5.74) is 1.10. The maximum Gasteiger partial charge on any atom is 0.169 e. The molecule has 1 N–H and O–H groups in total. The van der Waals surface area contributed by atoms with Gasteiger partial charge in [0.25, 0.3) is 0 Å². The molecule has 0 fully saturated rings. The highest BCUT2D eigenvalue weighted by Gasteiger charge is 2.00. The second kappa shape index (κ2) is 4.86. The molecule has 1 aromatic heterocycles. The molecule has 0 atom stereocenters. The fraction of sp³-hybridized carbons (Fsp3) is 0.0667. The number of benzene rings is 2. The van der Waals surface area contributed by atoms with Gasteiger partial charge in [-0.05, 0) is 51.0 Å². The minimum atomic E-state index is 0.684. The van der Waals surface area contributed by atoms with Crippen molar-refractivity contribution in [2.24, 2.45) is 0 Å². The van der Waals surface area contributed by atoms with E-state index in [9.17, 15) is 0 Å². The van der Waals surface area contributed by atoms with Crippen molar-refractivity contribution in [1.82, 2.24) is 0 Å². The normalized spacial score (nSPS) is 10.7. The van der Waals surface area contributed by atoms with Gasteiger partial charge >= 0.3 is 0 Å². The van der Waals surface area contributed by atoms with Gasteiger partial charge in [0.15, 0.2) is 4.67 Å². The summed E-state index contributed by atoms with van der Waals surface area (Å²) in [5, 5.41) is 5.84. The molecular weight excluding hydrogens is 290 g/mol. The van der Waals surface area contributed by atoms with E-state index in [4.69, 9.17) is 4.42 Å². The standard InChI is InChI=1S/C15H12BrNO/c16-15-8-7-14(18-15)10-17-13-6-5-11-3-1-2-4-12(11)9-13/h1-9,17H,10H2. The van der Waals surface area contributed by atoms with Gasteiger partial charge in [0.05, 0.1) is 6.54 Å². The van der Waals surface area contributed by atoms with Crippen molar-refractivity contribution in [3.05, 3.63) is 65.0 Å². The van der Waals surface area contributed by atoms with E-state index in [1.54, 1.807) is 0 Å². The first-order valence-electron chi connectivity index (χ1n) is 5.78. The third-order valence-electron chi connectivity index (χ3n) is 2.85. The Labute approximate surface area is 114 Å². The van der Waals surface area contributed by atoms with Crippen LogP contribution < -0.4 is 5.32 Å². The van der Waals surface area contributed by atoms with Crippen LogP contribution in [0, 0.1) is 0 Å². The van der Waals surface area contributed by atoms with E-state index in [0.717, 1.165) is 16.1 Å². The van der Waals surface area contributed by atoms with Crippen molar-refractivity contribution in [2.45, 2.75) is 6.54 Å². The summed E-state index contributed by atoms with van der Waals surface area (Å²) in [7, 11) is 0. The minimum Gasteiger partial charge on any atom is -0.452 e. The molecule has 0 aliphatic rings. The van der Waals surface area contributed by atoms with Crippen LogP contribution in [0.25, 0.3) is 10.8 Å². The highest BCUT2D eigenvalue weighted by Crippen LogP contribution is 2.20. The largest absolute Gasteiger partial charge is 0.452 e. The Morgan fingerprint density at radius 2 is 1.78 bits per heavy atom. The summed E-state index contributed by atoms with van der Waals surface area (Å²) < 4.78 is 6.21. The molecule has 0 unspecified atom stereocenters. The summed E-state index contributed by atoms with van der Waals surface area (Å²) in [6.45, 7) is 0.684. The van der Waals surface area contributed by atoms with Gasteiger partial charge in [-0.15, -0.1) is 0 Å². The Balaban J connectivity index is 1.78.